The quantitative estimate of drug-likeness (QED) is 0.638. The van der Waals surface area contributed by atoms with Crippen molar-refractivity contribution in [3.05, 3.63) is 0 Å². The van der Waals surface area contributed by atoms with Crippen molar-refractivity contribution in [2.24, 2.45) is 0 Å². The minimum Gasteiger partial charge on any atom is -0.341 e. The molecule has 1 fully saturated rings. The van der Waals surface area contributed by atoms with Gasteiger partial charge in [-0.1, -0.05) is 15.9 Å². The number of halogens is 2. The van der Waals surface area contributed by atoms with Crippen molar-refractivity contribution in [2.45, 2.75) is 17.7 Å². The highest BCUT2D eigenvalue weighted by atomic mass is 79.9. The number of piperidine rings is 1. The third-order valence-electron chi connectivity index (χ3n) is 1.83. The van der Waals surface area contributed by atoms with E-state index in [2.05, 4.69) is 15.9 Å². The molecule has 0 aromatic heterocycles. The zero-order chi connectivity index (χ0) is 8.27. The second-order valence-electron chi connectivity index (χ2n) is 2.71. The van der Waals surface area contributed by atoms with E-state index in [1.54, 1.807) is 0 Å². The Bertz CT molecular complexity index is 153. The van der Waals surface area contributed by atoms with E-state index in [1.165, 1.54) is 0 Å². The van der Waals surface area contributed by atoms with Crippen molar-refractivity contribution in [3.63, 3.8) is 0 Å². The van der Waals surface area contributed by atoms with E-state index < -0.39 is 0 Å². The smallest absolute Gasteiger partial charge is 0.237 e. The molecule has 0 radical (unpaired) electrons. The number of likely N-dealkylation sites (tertiary alicyclic amines) is 1. The Balaban J connectivity index is 2.39. The lowest BCUT2D eigenvalue weighted by molar-refractivity contribution is -0.129. The monoisotopic (exact) mass is 239 g/mol. The number of nitrogens with zero attached hydrogens (tertiary/aromatic N) is 1. The molecule has 0 aromatic carbocycles. The van der Waals surface area contributed by atoms with E-state index >= 15 is 0 Å². The summed E-state index contributed by atoms with van der Waals surface area (Å²) in [5, 5.41) is 0. The Morgan fingerprint density at radius 3 is 3.00 bits per heavy atom. The first-order chi connectivity index (χ1) is 5.24. The van der Waals surface area contributed by atoms with Gasteiger partial charge in [0, 0.05) is 17.9 Å². The lowest BCUT2D eigenvalue weighted by Gasteiger charge is -2.29. The van der Waals surface area contributed by atoms with Gasteiger partial charge in [0.15, 0.2) is 0 Å². The minimum absolute atomic E-state index is 0.0517. The van der Waals surface area contributed by atoms with Crippen molar-refractivity contribution in [2.75, 3.05) is 19.0 Å². The number of carbonyl (C=O) groups is 1. The second kappa shape index (κ2) is 4.31. The normalized spacial score (nSPS) is 25.3. The molecular weight excluding hydrogens is 229 g/mol. The van der Waals surface area contributed by atoms with E-state index in [9.17, 15) is 4.79 Å². The number of alkyl halides is 2. The minimum atomic E-state index is 0.0517. The number of hydrogen-bond acceptors (Lipinski definition) is 1. The third kappa shape index (κ3) is 2.64. The highest BCUT2D eigenvalue weighted by Crippen LogP contribution is 2.16. The van der Waals surface area contributed by atoms with Crippen molar-refractivity contribution < 1.29 is 4.79 Å². The van der Waals surface area contributed by atoms with Crippen LogP contribution in [-0.2, 0) is 4.79 Å². The Morgan fingerprint density at radius 1 is 1.73 bits per heavy atom. The van der Waals surface area contributed by atoms with Gasteiger partial charge in [0.05, 0.1) is 0 Å². The van der Waals surface area contributed by atoms with Crippen LogP contribution in [-0.4, -0.2) is 34.6 Å². The fraction of sp³-hybridized carbons (Fsp3) is 0.857. The molecule has 0 aromatic rings. The van der Waals surface area contributed by atoms with Gasteiger partial charge in [0.2, 0.25) is 5.91 Å². The van der Waals surface area contributed by atoms with Gasteiger partial charge in [-0.15, -0.1) is 11.6 Å². The van der Waals surface area contributed by atoms with Gasteiger partial charge in [-0.3, -0.25) is 4.79 Å². The van der Waals surface area contributed by atoms with Crippen LogP contribution >= 0.6 is 27.5 Å². The molecule has 0 bridgehead atoms. The number of carbonyl (C=O) groups excluding carboxylic acids is 1. The van der Waals surface area contributed by atoms with Crippen LogP contribution in [0.2, 0.25) is 0 Å². The van der Waals surface area contributed by atoms with Crippen LogP contribution in [0.3, 0.4) is 0 Å². The van der Waals surface area contributed by atoms with Crippen molar-refractivity contribution in [1.29, 1.82) is 0 Å². The van der Waals surface area contributed by atoms with Crippen LogP contribution in [0, 0.1) is 0 Å². The van der Waals surface area contributed by atoms with Crippen LogP contribution in [0.4, 0.5) is 0 Å². The average molecular weight is 241 g/mol. The summed E-state index contributed by atoms with van der Waals surface area (Å²) in [6, 6.07) is 0. The number of amides is 1. The Morgan fingerprint density at radius 2 is 2.45 bits per heavy atom. The highest BCUT2D eigenvalue weighted by molar-refractivity contribution is 9.09. The molecule has 1 aliphatic heterocycles. The average Bonchev–Trinajstić information content (AvgIpc) is 2.03. The summed E-state index contributed by atoms with van der Waals surface area (Å²) in [5.74, 6) is 0.163. The molecule has 1 rings (SSSR count). The highest BCUT2D eigenvalue weighted by Gasteiger charge is 2.20. The summed E-state index contributed by atoms with van der Waals surface area (Å²) >= 11 is 8.92. The molecule has 0 N–H and O–H groups in total. The molecule has 0 spiro atoms. The molecule has 1 amide bonds. The SMILES string of the molecule is O=C(CCl)N1CCC[C@@H](Br)C1. The molecule has 0 unspecified atom stereocenters. The van der Waals surface area contributed by atoms with Crippen molar-refractivity contribution in [1.82, 2.24) is 4.90 Å². The van der Waals surface area contributed by atoms with Gasteiger partial charge >= 0.3 is 0 Å². The van der Waals surface area contributed by atoms with E-state index in [0.29, 0.717) is 4.83 Å². The first-order valence-electron chi connectivity index (χ1n) is 3.72. The lowest BCUT2D eigenvalue weighted by atomic mass is 10.1. The van der Waals surface area contributed by atoms with Crippen LogP contribution in [0.5, 0.6) is 0 Å². The zero-order valence-corrected chi connectivity index (χ0v) is 8.57. The Labute approximate surface area is 80.0 Å². The molecule has 64 valence electrons. The van der Waals surface area contributed by atoms with Crippen LogP contribution < -0.4 is 0 Å². The van der Waals surface area contributed by atoms with Crippen LogP contribution in [0.15, 0.2) is 0 Å². The summed E-state index contributed by atoms with van der Waals surface area (Å²) < 4.78 is 0. The molecule has 2 nitrogen and oxygen atoms in total. The first-order valence-corrected chi connectivity index (χ1v) is 5.17. The summed E-state index contributed by atoms with van der Waals surface area (Å²) in [5.41, 5.74) is 0. The van der Waals surface area contributed by atoms with E-state index in [1.807, 2.05) is 4.90 Å². The van der Waals surface area contributed by atoms with Gasteiger partial charge in [-0.25, -0.2) is 0 Å². The lowest BCUT2D eigenvalue weighted by Crippen LogP contribution is -2.40. The molecule has 0 saturated carbocycles. The van der Waals surface area contributed by atoms with Gasteiger partial charge in [0.1, 0.15) is 5.88 Å². The standard InChI is InChI=1S/C7H11BrClNO/c8-6-2-1-3-10(5-6)7(11)4-9/h6H,1-5H2/t6-/m1/s1. The van der Waals surface area contributed by atoms with Crippen molar-refractivity contribution in [3.8, 4) is 0 Å². The Kier molecular flexibility index (Phi) is 3.66. The number of hydrogen-bond donors (Lipinski definition) is 0. The van der Waals surface area contributed by atoms with Gasteiger partial charge in [0.25, 0.3) is 0 Å². The third-order valence-corrected chi connectivity index (χ3v) is 2.81. The zero-order valence-electron chi connectivity index (χ0n) is 6.22. The molecule has 0 aliphatic carbocycles. The maximum atomic E-state index is 11.1. The van der Waals surface area contributed by atoms with Gasteiger partial charge in [-0.2, -0.15) is 0 Å². The largest absolute Gasteiger partial charge is 0.341 e. The molecule has 1 saturated heterocycles. The van der Waals surface area contributed by atoms with Crippen molar-refractivity contribution >= 4 is 33.4 Å². The van der Waals surface area contributed by atoms with E-state index in [0.717, 1.165) is 25.9 Å². The molecule has 11 heavy (non-hydrogen) atoms. The topological polar surface area (TPSA) is 20.3 Å². The fourth-order valence-corrected chi connectivity index (χ4v) is 2.08. The van der Waals surface area contributed by atoms with Gasteiger partial charge in [-0.05, 0) is 12.8 Å². The first kappa shape index (κ1) is 9.33. The maximum Gasteiger partial charge on any atom is 0.237 e. The molecular formula is C7H11BrClNO. The van der Waals surface area contributed by atoms with Crippen LogP contribution in [0.1, 0.15) is 12.8 Å². The summed E-state index contributed by atoms with van der Waals surface area (Å²) in [6.07, 6.45) is 2.24. The predicted octanol–water partition coefficient (Wildman–Crippen LogP) is 1.61. The van der Waals surface area contributed by atoms with E-state index in [4.69, 9.17) is 11.6 Å². The summed E-state index contributed by atoms with van der Waals surface area (Å²) in [6.45, 7) is 1.68. The number of rotatable bonds is 1. The molecule has 1 heterocycles. The van der Waals surface area contributed by atoms with Gasteiger partial charge < -0.3 is 4.90 Å². The molecule has 1 aliphatic rings. The fourth-order valence-electron chi connectivity index (χ4n) is 1.24. The van der Waals surface area contributed by atoms with E-state index in [-0.39, 0.29) is 11.8 Å². The Hall–Kier alpha value is 0.240. The maximum absolute atomic E-state index is 11.1. The second-order valence-corrected chi connectivity index (χ2v) is 4.28. The summed E-state index contributed by atoms with van der Waals surface area (Å²) in [4.78, 5) is 13.4. The molecule has 1 atom stereocenters. The predicted molar refractivity (Wildman–Crippen MR) is 49.2 cm³/mol. The summed E-state index contributed by atoms with van der Waals surface area (Å²) in [7, 11) is 0. The molecule has 4 heteroatoms. The van der Waals surface area contributed by atoms with Crippen LogP contribution in [0.25, 0.3) is 0 Å².